The average Bonchev–Trinajstić information content (AvgIpc) is 2.29. The van der Waals surface area contributed by atoms with E-state index in [2.05, 4.69) is 45.3 Å². The highest BCUT2D eigenvalue weighted by Crippen LogP contribution is 2.32. The van der Waals surface area contributed by atoms with Gasteiger partial charge in [0.05, 0.1) is 0 Å². The number of hydrogen-bond acceptors (Lipinski definition) is 2. The summed E-state index contributed by atoms with van der Waals surface area (Å²) in [6, 6.07) is 0. The predicted octanol–water partition coefficient (Wildman–Crippen LogP) is 2.71. The van der Waals surface area contributed by atoms with Gasteiger partial charge in [0.25, 0.3) is 0 Å². The summed E-state index contributed by atoms with van der Waals surface area (Å²) in [7, 11) is 0. The maximum Gasteiger partial charge on any atom is 0.226 e. The molecule has 0 bridgehead atoms. The van der Waals surface area contributed by atoms with Crippen LogP contribution in [0.2, 0.25) is 0 Å². The Hall–Kier alpha value is -0.570. The third-order valence-electron chi connectivity index (χ3n) is 4.23. The summed E-state index contributed by atoms with van der Waals surface area (Å²) in [6.07, 6.45) is 4.46. The van der Waals surface area contributed by atoms with Crippen LogP contribution in [0.1, 0.15) is 60.3 Å². The molecular formula is C15H30N2O. The molecule has 1 unspecified atom stereocenters. The minimum absolute atomic E-state index is 0.0921. The van der Waals surface area contributed by atoms with E-state index < -0.39 is 0 Å². The highest BCUT2D eigenvalue weighted by Gasteiger charge is 2.38. The lowest BCUT2D eigenvalue weighted by Crippen LogP contribution is -2.53. The number of amides is 1. The highest BCUT2D eigenvalue weighted by molar-refractivity contribution is 5.82. The molecule has 0 aromatic carbocycles. The summed E-state index contributed by atoms with van der Waals surface area (Å²) in [5.41, 5.74) is -0.371. The second kappa shape index (κ2) is 6.05. The van der Waals surface area contributed by atoms with Crippen molar-refractivity contribution in [3.8, 4) is 0 Å². The molecule has 3 nitrogen and oxygen atoms in total. The Labute approximate surface area is 112 Å². The Bertz CT molecular complexity index is 278. The number of carbonyl (C=O) groups excluding carboxylic acids is 1. The molecule has 0 radical (unpaired) electrons. The fourth-order valence-electron chi connectivity index (χ4n) is 2.81. The van der Waals surface area contributed by atoms with Crippen molar-refractivity contribution in [1.29, 1.82) is 0 Å². The third-order valence-corrected chi connectivity index (χ3v) is 4.23. The van der Waals surface area contributed by atoms with E-state index in [9.17, 15) is 4.79 Å². The molecule has 106 valence electrons. The van der Waals surface area contributed by atoms with Crippen molar-refractivity contribution in [2.24, 2.45) is 11.3 Å². The zero-order valence-electron chi connectivity index (χ0n) is 12.7. The van der Waals surface area contributed by atoms with Gasteiger partial charge in [0, 0.05) is 11.0 Å². The van der Waals surface area contributed by atoms with Crippen molar-refractivity contribution < 1.29 is 4.79 Å². The second-order valence-corrected chi connectivity index (χ2v) is 6.85. The van der Waals surface area contributed by atoms with Gasteiger partial charge in [0.1, 0.15) is 0 Å². The number of piperidine rings is 1. The van der Waals surface area contributed by atoms with Gasteiger partial charge >= 0.3 is 0 Å². The molecule has 1 aliphatic rings. The van der Waals surface area contributed by atoms with E-state index in [0.717, 1.165) is 32.4 Å². The molecule has 1 fully saturated rings. The first-order valence-electron chi connectivity index (χ1n) is 7.33. The standard InChI is InChI=1S/C15H30N2O/c1-6-9-14(2,3)17-13(18)15(4,5)12-8-7-10-16-11-12/h12,16H,6-11H2,1-5H3,(H,17,18). The number of hydrogen-bond donors (Lipinski definition) is 2. The SMILES string of the molecule is CCCC(C)(C)NC(=O)C(C)(C)C1CCCNC1. The minimum Gasteiger partial charge on any atom is -0.351 e. The van der Waals surface area contributed by atoms with Crippen molar-refractivity contribution in [2.75, 3.05) is 13.1 Å². The quantitative estimate of drug-likeness (QED) is 0.792. The maximum absolute atomic E-state index is 12.5. The molecule has 1 amide bonds. The van der Waals surface area contributed by atoms with Gasteiger partial charge in [-0.3, -0.25) is 4.79 Å². The largest absolute Gasteiger partial charge is 0.351 e. The van der Waals surface area contributed by atoms with Gasteiger partial charge < -0.3 is 10.6 Å². The first kappa shape index (κ1) is 15.5. The molecule has 1 rings (SSSR count). The number of carbonyl (C=O) groups is 1. The molecule has 1 saturated heterocycles. The van der Waals surface area contributed by atoms with Crippen LogP contribution in [-0.4, -0.2) is 24.5 Å². The van der Waals surface area contributed by atoms with Gasteiger partial charge in [-0.25, -0.2) is 0 Å². The lowest BCUT2D eigenvalue weighted by molar-refractivity contribution is -0.134. The van der Waals surface area contributed by atoms with Crippen molar-refractivity contribution in [3.05, 3.63) is 0 Å². The highest BCUT2D eigenvalue weighted by atomic mass is 16.2. The molecule has 2 N–H and O–H groups in total. The number of rotatable bonds is 5. The molecule has 1 atom stereocenters. The summed E-state index contributed by atoms with van der Waals surface area (Å²) in [5.74, 6) is 0.651. The molecule has 0 aromatic heterocycles. The fourth-order valence-corrected chi connectivity index (χ4v) is 2.81. The molecule has 0 aromatic rings. The van der Waals surface area contributed by atoms with Crippen LogP contribution in [0.15, 0.2) is 0 Å². The first-order valence-corrected chi connectivity index (χ1v) is 7.33. The zero-order valence-corrected chi connectivity index (χ0v) is 12.7. The van der Waals surface area contributed by atoms with Crippen LogP contribution in [0.3, 0.4) is 0 Å². The van der Waals surface area contributed by atoms with E-state index in [0.29, 0.717) is 5.92 Å². The summed E-state index contributed by atoms with van der Waals surface area (Å²) in [4.78, 5) is 12.5. The van der Waals surface area contributed by atoms with Crippen molar-refractivity contribution in [1.82, 2.24) is 10.6 Å². The molecule has 1 heterocycles. The van der Waals surface area contributed by atoms with Crippen molar-refractivity contribution >= 4 is 5.91 Å². The van der Waals surface area contributed by atoms with E-state index >= 15 is 0 Å². The lowest BCUT2D eigenvalue weighted by atomic mass is 9.74. The van der Waals surface area contributed by atoms with Crippen molar-refractivity contribution in [3.63, 3.8) is 0 Å². The van der Waals surface area contributed by atoms with Crippen LogP contribution >= 0.6 is 0 Å². The lowest BCUT2D eigenvalue weighted by Gasteiger charge is -2.38. The van der Waals surface area contributed by atoms with Crippen LogP contribution in [0, 0.1) is 11.3 Å². The van der Waals surface area contributed by atoms with Gasteiger partial charge in [0.2, 0.25) is 5.91 Å². The van der Waals surface area contributed by atoms with Crippen LogP contribution in [0.5, 0.6) is 0 Å². The van der Waals surface area contributed by atoms with Gasteiger partial charge in [-0.05, 0) is 52.1 Å². The zero-order chi connectivity index (χ0) is 13.8. The average molecular weight is 254 g/mol. The van der Waals surface area contributed by atoms with Gasteiger partial charge in [-0.1, -0.05) is 27.2 Å². The van der Waals surface area contributed by atoms with E-state index in [-0.39, 0.29) is 16.9 Å². The number of nitrogens with one attached hydrogen (secondary N) is 2. The minimum atomic E-state index is -0.279. The van der Waals surface area contributed by atoms with Crippen molar-refractivity contribution in [2.45, 2.75) is 65.8 Å². The monoisotopic (exact) mass is 254 g/mol. The molecule has 3 heteroatoms. The molecule has 1 aliphatic heterocycles. The van der Waals surface area contributed by atoms with Gasteiger partial charge in [-0.2, -0.15) is 0 Å². The van der Waals surface area contributed by atoms with Gasteiger partial charge in [-0.15, -0.1) is 0 Å². The van der Waals surface area contributed by atoms with E-state index in [1.807, 2.05) is 0 Å². The Morgan fingerprint density at radius 1 is 1.33 bits per heavy atom. The Morgan fingerprint density at radius 2 is 2.00 bits per heavy atom. The summed E-state index contributed by atoms with van der Waals surface area (Å²) < 4.78 is 0. The smallest absolute Gasteiger partial charge is 0.226 e. The predicted molar refractivity (Wildman–Crippen MR) is 76.5 cm³/mol. The fraction of sp³-hybridized carbons (Fsp3) is 0.933. The molecule has 18 heavy (non-hydrogen) atoms. The third kappa shape index (κ3) is 3.98. The van der Waals surface area contributed by atoms with Crippen LogP contribution in [0.25, 0.3) is 0 Å². The van der Waals surface area contributed by atoms with E-state index in [1.165, 1.54) is 6.42 Å². The van der Waals surface area contributed by atoms with E-state index in [1.54, 1.807) is 0 Å². The maximum atomic E-state index is 12.5. The van der Waals surface area contributed by atoms with E-state index in [4.69, 9.17) is 0 Å². The summed E-state index contributed by atoms with van der Waals surface area (Å²) in [6.45, 7) is 12.6. The Kier molecular flexibility index (Phi) is 5.20. The first-order chi connectivity index (χ1) is 8.29. The molecule has 0 spiro atoms. The Balaban J connectivity index is 2.63. The van der Waals surface area contributed by atoms with Crippen LogP contribution in [0.4, 0.5) is 0 Å². The Morgan fingerprint density at radius 3 is 2.50 bits per heavy atom. The second-order valence-electron chi connectivity index (χ2n) is 6.85. The molecule has 0 aliphatic carbocycles. The topological polar surface area (TPSA) is 41.1 Å². The van der Waals surface area contributed by atoms with Crippen LogP contribution < -0.4 is 10.6 Å². The van der Waals surface area contributed by atoms with Crippen LogP contribution in [-0.2, 0) is 4.79 Å². The summed E-state index contributed by atoms with van der Waals surface area (Å²) >= 11 is 0. The van der Waals surface area contributed by atoms with Gasteiger partial charge in [0.15, 0.2) is 0 Å². The normalized spacial score (nSPS) is 21.7. The summed E-state index contributed by atoms with van der Waals surface area (Å²) in [5, 5.41) is 6.63. The molecule has 0 saturated carbocycles. The molecular weight excluding hydrogens is 224 g/mol.